The van der Waals surface area contributed by atoms with E-state index in [1.54, 1.807) is 19.9 Å². The van der Waals surface area contributed by atoms with E-state index in [-0.39, 0.29) is 24.6 Å². The Hall–Kier alpha value is -3.08. The van der Waals surface area contributed by atoms with Crippen molar-refractivity contribution >= 4 is 33.1 Å². The number of aryl methyl sites for hydroxylation is 1. The van der Waals surface area contributed by atoms with Crippen LogP contribution in [0.4, 0.5) is 4.39 Å². The molecule has 0 bridgehead atoms. The van der Waals surface area contributed by atoms with Crippen LogP contribution in [0.5, 0.6) is 5.75 Å². The number of fused-ring (bicyclic) bond motifs is 1. The van der Waals surface area contributed by atoms with Crippen molar-refractivity contribution in [2.45, 2.75) is 64.5 Å². The number of ether oxygens (including phenoxy) is 2. The first-order valence-corrected chi connectivity index (χ1v) is 15.3. The maximum Gasteiger partial charge on any atom is 0.312 e. The summed E-state index contributed by atoms with van der Waals surface area (Å²) in [6.45, 7) is 8.89. The highest BCUT2D eigenvalue weighted by Gasteiger charge is 2.42. The second kappa shape index (κ2) is 11.4. The largest absolute Gasteiger partial charge is 0.488 e. The molecule has 2 aromatic carbocycles. The fourth-order valence-corrected chi connectivity index (χ4v) is 7.94. The highest BCUT2D eigenvalue weighted by molar-refractivity contribution is 7.89. The molecule has 2 heterocycles. The van der Waals surface area contributed by atoms with Gasteiger partial charge < -0.3 is 9.47 Å². The Morgan fingerprint density at radius 2 is 1.93 bits per heavy atom. The minimum Gasteiger partial charge on any atom is -0.488 e. The number of esters is 1. The average molecular weight is 588 g/mol. The zero-order valence-electron chi connectivity index (χ0n) is 23.5. The lowest BCUT2D eigenvalue weighted by Crippen LogP contribution is -2.37. The number of hydrogen-bond acceptors (Lipinski definition) is 7. The van der Waals surface area contributed by atoms with E-state index in [0.717, 1.165) is 22.1 Å². The number of ketones is 1. The van der Waals surface area contributed by atoms with Gasteiger partial charge in [0.1, 0.15) is 17.7 Å². The normalized spacial score (nSPS) is 17.8. The quantitative estimate of drug-likeness (QED) is 0.234. The lowest BCUT2D eigenvalue weighted by atomic mass is 9.73. The van der Waals surface area contributed by atoms with E-state index in [2.05, 4.69) is 0 Å². The molecular weight excluding hydrogens is 553 g/mol. The summed E-state index contributed by atoms with van der Waals surface area (Å²) in [6, 6.07) is 13.3. The number of methoxy groups -OCH3 is 1. The van der Waals surface area contributed by atoms with Gasteiger partial charge in [-0.05, 0) is 75.1 Å². The first-order chi connectivity index (χ1) is 18.8. The fourth-order valence-electron chi connectivity index (χ4n) is 5.11. The van der Waals surface area contributed by atoms with Crippen LogP contribution in [0.2, 0.25) is 0 Å². The van der Waals surface area contributed by atoms with Crippen LogP contribution in [0.25, 0.3) is 0 Å². The molecule has 0 saturated carbocycles. The predicted octanol–water partition coefficient (Wildman–Crippen LogP) is 6.09. The maximum absolute atomic E-state index is 14.9. The topological polar surface area (TPSA) is 90.0 Å². The molecule has 1 aromatic heterocycles. The SMILES string of the molecule is CC[C@@H]1CN(Cc2cc(C(c3ccc(C(C)=O)s3)C(C)(C)C(=O)OC)ccc2C)S(=O)(=O)c2c(F)cccc2O1. The number of thiophene rings is 1. The molecule has 4 rings (SSSR count). The molecule has 214 valence electrons. The van der Waals surface area contributed by atoms with E-state index < -0.39 is 44.1 Å². The number of nitrogens with zero attached hydrogens (tertiary/aromatic N) is 1. The minimum absolute atomic E-state index is 0.00977. The van der Waals surface area contributed by atoms with Crippen molar-refractivity contribution in [2.24, 2.45) is 5.41 Å². The molecule has 1 aliphatic rings. The van der Waals surface area contributed by atoms with Crippen molar-refractivity contribution in [3.63, 3.8) is 0 Å². The summed E-state index contributed by atoms with van der Waals surface area (Å²) in [4.78, 5) is 25.9. The van der Waals surface area contributed by atoms with Crippen molar-refractivity contribution in [1.82, 2.24) is 4.31 Å². The molecular formula is C30H34FNO6S2. The van der Waals surface area contributed by atoms with Gasteiger partial charge in [-0.25, -0.2) is 12.8 Å². The van der Waals surface area contributed by atoms with Gasteiger partial charge in [-0.1, -0.05) is 31.2 Å². The van der Waals surface area contributed by atoms with Crippen LogP contribution in [0.3, 0.4) is 0 Å². The Kier molecular flexibility index (Phi) is 8.54. The third kappa shape index (κ3) is 5.57. The van der Waals surface area contributed by atoms with Crippen LogP contribution in [0.1, 0.15) is 71.3 Å². The maximum atomic E-state index is 14.9. The molecule has 0 spiro atoms. The molecule has 0 N–H and O–H groups in total. The van der Waals surface area contributed by atoms with Gasteiger partial charge in [0.05, 0.1) is 23.9 Å². The Labute approximate surface area is 239 Å². The molecule has 0 radical (unpaired) electrons. The molecule has 2 atom stereocenters. The zero-order chi connectivity index (χ0) is 29.4. The summed E-state index contributed by atoms with van der Waals surface area (Å²) in [5, 5.41) is 0. The van der Waals surface area contributed by atoms with Crippen molar-refractivity contribution in [3.05, 3.63) is 80.8 Å². The van der Waals surface area contributed by atoms with Crippen LogP contribution in [-0.2, 0) is 26.1 Å². The molecule has 0 aliphatic carbocycles. The molecule has 1 unspecified atom stereocenters. The lowest BCUT2D eigenvalue weighted by Gasteiger charge is -2.32. The van der Waals surface area contributed by atoms with Gasteiger partial charge in [0.15, 0.2) is 10.7 Å². The smallest absolute Gasteiger partial charge is 0.312 e. The van der Waals surface area contributed by atoms with Gasteiger partial charge in [0, 0.05) is 17.3 Å². The number of carbonyl (C=O) groups excluding carboxylic acids is 2. The number of Topliss-reactive ketones (excluding diaryl/α,β-unsaturated/α-hetero) is 1. The molecule has 0 fully saturated rings. The first kappa shape index (κ1) is 29.9. The molecule has 0 saturated heterocycles. The highest BCUT2D eigenvalue weighted by atomic mass is 32.2. The summed E-state index contributed by atoms with van der Waals surface area (Å²) in [5.41, 5.74) is 1.33. The molecule has 7 nitrogen and oxygen atoms in total. The van der Waals surface area contributed by atoms with Crippen LogP contribution < -0.4 is 4.74 Å². The van der Waals surface area contributed by atoms with Crippen LogP contribution in [0.15, 0.2) is 53.4 Å². The summed E-state index contributed by atoms with van der Waals surface area (Å²) >= 11 is 1.32. The van der Waals surface area contributed by atoms with E-state index in [4.69, 9.17) is 9.47 Å². The standard InChI is InChI=1S/C30H34FNO6S2/c1-7-22-17-32(40(35,36)28-23(31)9-8-10-24(28)38-22)16-21-15-20(12-11-18(21)2)27(30(4,5)29(34)37-6)26-14-13-25(39-26)19(3)33/h8-15,22,27H,7,16-17H2,1-6H3/t22-,27?/m1/s1. The van der Waals surface area contributed by atoms with Gasteiger partial charge in [-0.15, -0.1) is 11.3 Å². The van der Waals surface area contributed by atoms with E-state index in [0.29, 0.717) is 16.9 Å². The predicted molar refractivity (Wildman–Crippen MR) is 152 cm³/mol. The van der Waals surface area contributed by atoms with Gasteiger partial charge in [-0.2, -0.15) is 4.31 Å². The van der Waals surface area contributed by atoms with E-state index in [1.807, 2.05) is 38.1 Å². The van der Waals surface area contributed by atoms with Crippen molar-refractivity contribution < 1.29 is 31.9 Å². The van der Waals surface area contributed by atoms with Crippen LogP contribution in [0, 0.1) is 18.2 Å². The molecule has 10 heteroatoms. The molecule has 3 aromatic rings. The first-order valence-electron chi connectivity index (χ1n) is 13.0. The second-order valence-electron chi connectivity index (χ2n) is 10.6. The van der Waals surface area contributed by atoms with E-state index in [9.17, 15) is 22.4 Å². The van der Waals surface area contributed by atoms with Gasteiger partial charge in [-0.3, -0.25) is 9.59 Å². The Morgan fingerprint density at radius 3 is 2.55 bits per heavy atom. The lowest BCUT2D eigenvalue weighted by molar-refractivity contribution is -0.151. The number of benzene rings is 2. The average Bonchev–Trinajstić information content (AvgIpc) is 3.34. The molecule has 1 aliphatic heterocycles. The summed E-state index contributed by atoms with van der Waals surface area (Å²) < 4.78 is 54.6. The Balaban J connectivity index is 1.81. The summed E-state index contributed by atoms with van der Waals surface area (Å²) in [6.07, 6.45) is 0.0798. The Morgan fingerprint density at radius 1 is 1.20 bits per heavy atom. The van der Waals surface area contributed by atoms with Gasteiger partial charge in [0.2, 0.25) is 10.0 Å². The summed E-state index contributed by atoms with van der Waals surface area (Å²) in [5.74, 6) is -1.80. The number of carbonyl (C=O) groups is 2. The molecule has 40 heavy (non-hydrogen) atoms. The third-order valence-electron chi connectivity index (χ3n) is 7.43. The van der Waals surface area contributed by atoms with E-state index in [1.165, 1.54) is 41.8 Å². The number of halogens is 1. The highest BCUT2D eigenvalue weighted by Crippen LogP contribution is 2.45. The van der Waals surface area contributed by atoms with Crippen molar-refractivity contribution in [2.75, 3.05) is 13.7 Å². The number of rotatable bonds is 8. The molecule has 0 amide bonds. The number of hydrogen-bond donors (Lipinski definition) is 0. The number of sulfonamides is 1. The van der Waals surface area contributed by atoms with Gasteiger partial charge in [0.25, 0.3) is 0 Å². The third-order valence-corrected chi connectivity index (χ3v) is 10.6. The van der Waals surface area contributed by atoms with Crippen LogP contribution >= 0.6 is 11.3 Å². The fraction of sp³-hybridized carbons (Fsp3) is 0.400. The van der Waals surface area contributed by atoms with Crippen molar-refractivity contribution in [1.29, 1.82) is 0 Å². The van der Waals surface area contributed by atoms with Crippen LogP contribution in [-0.4, -0.2) is 44.2 Å². The second-order valence-corrected chi connectivity index (χ2v) is 13.6. The monoisotopic (exact) mass is 587 g/mol. The van der Waals surface area contributed by atoms with Crippen molar-refractivity contribution in [3.8, 4) is 5.75 Å². The van der Waals surface area contributed by atoms with Gasteiger partial charge >= 0.3 is 5.97 Å². The van der Waals surface area contributed by atoms with E-state index >= 15 is 0 Å². The minimum atomic E-state index is -4.22. The Bertz CT molecular complexity index is 1550. The zero-order valence-corrected chi connectivity index (χ0v) is 25.1. The summed E-state index contributed by atoms with van der Waals surface area (Å²) in [7, 11) is -2.88.